The largest absolute Gasteiger partial charge is 0.342 e. The molecule has 2 aromatic heterocycles. The highest BCUT2D eigenvalue weighted by molar-refractivity contribution is 7.10. The van der Waals surface area contributed by atoms with Crippen LogP contribution in [0.15, 0.2) is 54.0 Å². The van der Waals surface area contributed by atoms with E-state index in [1.54, 1.807) is 17.5 Å². The third kappa shape index (κ3) is 4.57. The second kappa shape index (κ2) is 8.52. The lowest BCUT2D eigenvalue weighted by atomic mass is 9.94. The number of rotatable bonds is 5. The molecule has 0 saturated carbocycles. The first kappa shape index (κ1) is 18.6. The molecule has 0 spiro atoms. The normalized spacial score (nSPS) is 16.8. The van der Waals surface area contributed by atoms with Crippen molar-refractivity contribution < 1.29 is 4.79 Å². The number of anilines is 2. The van der Waals surface area contributed by atoms with Crippen molar-refractivity contribution in [3.63, 3.8) is 0 Å². The van der Waals surface area contributed by atoms with Gasteiger partial charge in [-0.1, -0.05) is 23.8 Å². The fraction of sp³-hybridized carbons (Fsp3) is 0.318. The molecule has 1 aliphatic heterocycles. The van der Waals surface area contributed by atoms with Gasteiger partial charge in [-0.3, -0.25) is 4.79 Å². The van der Waals surface area contributed by atoms with Crippen LogP contribution in [-0.2, 0) is 11.2 Å². The summed E-state index contributed by atoms with van der Waals surface area (Å²) in [6.45, 7) is 3.63. The van der Waals surface area contributed by atoms with Crippen molar-refractivity contribution in [3.05, 3.63) is 70.2 Å². The maximum absolute atomic E-state index is 12.7. The van der Waals surface area contributed by atoms with E-state index in [0.717, 1.165) is 42.2 Å². The Morgan fingerprint density at radius 1 is 1.25 bits per heavy atom. The van der Waals surface area contributed by atoms with E-state index < -0.39 is 0 Å². The molecule has 0 radical (unpaired) electrons. The quantitative estimate of drug-likeness (QED) is 0.693. The second-order valence-corrected chi connectivity index (χ2v) is 8.26. The number of piperidine rings is 1. The highest BCUT2D eigenvalue weighted by Gasteiger charge is 2.26. The number of benzene rings is 1. The van der Waals surface area contributed by atoms with Gasteiger partial charge in [0.2, 0.25) is 11.9 Å². The Morgan fingerprint density at radius 3 is 2.89 bits per heavy atom. The van der Waals surface area contributed by atoms with Crippen molar-refractivity contribution >= 4 is 28.9 Å². The van der Waals surface area contributed by atoms with Crippen LogP contribution in [0.5, 0.6) is 0 Å². The van der Waals surface area contributed by atoms with Gasteiger partial charge in [0.1, 0.15) is 0 Å². The van der Waals surface area contributed by atoms with Gasteiger partial charge in [0, 0.05) is 35.8 Å². The number of carbonyl (C=O) groups is 1. The first-order valence-corrected chi connectivity index (χ1v) is 10.5. The SMILES string of the molecule is Cc1ccc(Nc2nccc([C@H]3CCCN(C(=O)Cc4cccs4)C3)n2)cc1. The summed E-state index contributed by atoms with van der Waals surface area (Å²) in [7, 11) is 0. The van der Waals surface area contributed by atoms with Crippen molar-refractivity contribution in [2.24, 2.45) is 0 Å². The summed E-state index contributed by atoms with van der Waals surface area (Å²) < 4.78 is 0. The van der Waals surface area contributed by atoms with E-state index >= 15 is 0 Å². The number of hydrogen-bond acceptors (Lipinski definition) is 5. The number of nitrogens with one attached hydrogen (secondary N) is 1. The lowest BCUT2D eigenvalue weighted by molar-refractivity contribution is -0.131. The van der Waals surface area contributed by atoms with E-state index in [-0.39, 0.29) is 11.8 Å². The summed E-state index contributed by atoms with van der Waals surface area (Å²) in [4.78, 5) is 24.9. The van der Waals surface area contributed by atoms with E-state index in [4.69, 9.17) is 4.98 Å². The molecule has 3 aromatic rings. The fourth-order valence-corrected chi connectivity index (χ4v) is 4.24. The number of carbonyl (C=O) groups excluding carboxylic acids is 1. The molecule has 0 aliphatic carbocycles. The van der Waals surface area contributed by atoms with Gasteiger partial charge in [0.05, 0.1) is 12.1 Å². The van der Waals surface area contributed by atoms with Gasteiger partial charge in [0.25, 0.3) is 0 Å². The fourth-order valence-electron chi connectivity index (χ4n) is 3.55. The van der Waals surface area contributed by atoms with E-state index in [9.17, 15) is 4.79 Å². The molecule has 28 heavy (non-hydrogen) atoms. The first-order chi connectivity index (χ1) is 13.7. The molecular formula is C22H24N4OS. The zero-order chi connectivity index (χ0) is 19.3. The van der Waals surface area contributed by atoms with Crippen LogP contribution in [0.2, 0.25) is 0 Å². The van der Waals surface area contributed by atoms with Crippen LogP contribution in [-0.4, -0.2) is 33.9 Å². The Kier molecular flexibility index (Phi) is 5.67. The van der Waals surface area contributed by atoms with Gasteiger partial charge in [0.15, 0.2) is 0 Å². The maximum atomic E-state index is 12.7. The molecule has 0 bridgehead atoms. The van der Waals surface area contributed by atoms with Crippen LogP contribution < -0.4 is 5.32 Å². The summed E-state index contributed by atoms with van der Waals surface area (Å²) in [6, 6.07) is 14.2. The minimum atomic E-state index is 0.208. The first-order valence-electron chi connectivity index (χ1n) is 9.64. The monoisotopic (exact) mass is 392 g/mol. The van der Waals surface area contributed by atoms with Crippen LogP contribution in [0.3, 0.4) is 0 Å². The zero-order valence-electron chi connectivity index (χ0n) is 16.0. The predicted octanol–water partition coefficient (Wildman–Crippen LogP) is 4.54. The Bertz CT molecular complexity index is 924. The molecular weight excluding hydrogens is 368 g/mol. The van der Waals surface area contributed by atoms with Crippen molar-refractivity contribution in [2.45, 2.75) is 32.1 Å². The molecule has 5 nitrogen and oxygen atoms in total. The number of likely N-dealkylation sites (tertiary alicyclic amines) is 1. The lowest BCUT2D eigenvalue weighted by Gasteiger charge is -2.32. The summed E-state index contributed by atoms with van der Waals surface area (Å²) >= 11 is 1.64. The molecule has 1 fully saturated rings. The Labute approximate surface area is 169 Å². The van der Waals surface area contributed by atoms with Gasteiger partial charge < -0.3 is 10.2 Å². The predicted molar refractivity (Wildman–Crippen MR) is 113 cm³/mol. The standard InChI is InChI=1S/C22H24N4OS/c1-16-6-8-18(9-7-16)24-22-23-11-10-20(25-22)17-4-2-12-26(15-17)21(27)14-19-5-3-13-28-19/h3,5-11,13,17H,2,4,12,14-15H2,1H3,(H,23,24,25)/t17-/m0/s1. The van der Waals surface area contributed by atoms with E-state index in [2.05, 4.69) is 29.4 Å². The highest BCUT2D eigenvalue weighted by atomic mass is 32.1. The average Bonchev–Trinajstić information content (AvgIpc) is 3.23. The Hall–Kier alpha value is -2.73. The Morgan fingerprint density at radius 2 is 2.11 bits per heavy atom. The Balaban J connectivity index is 1.43. The van der Waals surface area contributed by atoms with Gasteiger partial charge in [-0.2, -0.15) is 0 Å². The summed E-state index contributed by atoms with van der Waals surface area (Å²) in [5.41, 5.74) is 3.19. The van der Waals surface area contributed by atoms with Gasteiger partial charge >= 0.3 is 0 Å². The maximum Gasteiger partial charge on any atom is 0.227 e. The number of aryl methyl sites for hydroxylation is 1. The average molecular weight is 393 g/mol. The van der Waals surface area contributed by atoms with E-state index in [1.165, 1.54) is 5.56 Å². The van der Waals surface area contributed by atoms with Crippen molar-refractivity contribution in [1.82, 2.24) is 14.9 Å². The number of amides is 1. The topological polar surface area (TPSA) is 58.1 Å². The van der Waals surface area contributed by atoms with Gasteiger partial charge in [-0.05, 0) is 49.4 Å². The second-order valence-electron chi connectivity index (χ2n) is 7.23. The van der Waals surface area contributed by atoms with Crippen molar-refractivity contribution in [2.75, 3.05) is 18.4 Å². The van der Waals surface area contributed by atoms with Crippen LogP contribution in [0.25, 0.3) is 0 Å². The van der Waals surface area contributed by atoms with Crippen molar-refractivity contribution in [1.29, 1.82) is 0 Å². The lowest BCUT2D eigenvalue weighted by Crippen LogP contribution is -2.40. The van der Waals surface area contributed by atoms with Crippen LogP contribution in [0, 0.1) is 6.92 Å². The van der Waals surface area contributed by atoms with Crippen LogP contribution in [0.4, 0.5) is 11.6 Å². The third-order valence-electron chi connectivity index (χ3n) is 5.08. The molecule has 1 aliphatic rings. The van der Waals surface area contributed by atoms with Crippen LogP contribution >= 0.6 is 11.3 Å². The summed E-state index contributed by atoms with van der Waals surface area (Å²) in [5.74, 6) is 1.06. The van der Waals surface area contributed by atoms with Gasteiger partial charge in [-0.15, -0.1) is 11.3 Å². The molecule has 1 N–H and O–H groups in total. The number of thiophene rings is 1. The zero-order valence-corrected chi connectivity index (χ0v) is 16.8. The van der Waals surface area contributed by atoms with Crippen LogP contribution in [0.1, 0.15) is 34.9 Å². The third-order valence-corrected chi connectivity index (χ3v) is 5.96. The molecule has 4 rings (SSSR count). The van der Waals surface area contributed by atoms with E-state index in [1.807, 2.05) is 40.6 Å². The molecule has 1 saturated heterocycles. The minimum Gasteiger partial charge on any atom is -0.342 e. The smallest absolute Gasteiger partial charge is 0.227 e. The van der Waals surface area contributed by atoms with E-state index in [0.29, 0.717) is 12.4 Å². The molecule has 0 unspecified atom stereocenters. The molecule has 1 atom stereocenters. The number of hydrogen-bond donors (Lipinski definition) is 1. The molecule has 3 heterocycles. The highest BCUT2D eigenvalue weighted by Crippen LogP contribution is 2.27. The molecule has 144 valence electrons. The minimum absolute atomic E-state index is 0.208. The summed E-state index contributed by atoms with van der Waals surface area (Å²) in [6.07, 6.45) is 4.34. The molecule has 1 aromatic carbocycles. The summed E-state index contributed by atoms with van der Waals surface area (Å²) in [5, 5.41) is 5.29. The molecule has 6 heteroatoms. The van der Waals surface area contributed by atoms with Gasteiger partial charge in [-0.25, -0.2) is 9.97 Å². The van der Waals surface area contributed by atoms with Crippen molar-refractivity contribution in [3.8, 4) is 0 Å². The molecule has 1 amide bonds. The number of aromatic nitrogens is 2. The number of nitrogens with zero attached hydrogens (tertiary/aromatic N) is 3.